The number of rotatable bonds is 13. The molecule has 600 valence electrons. The molecule has 3 N–H and O–H groups in total. The van der Waals surface area contributed by atoms with Gasteiger partial charge < -0.3 is 64.8 Å². The van der Waals surface area contributed by atoms with E-state index in [-0.39, 0.29) is 155 Å². The van der Waals surface area contributed by atoms with Gasteiger partial charge in [0.25, 0.3) is 0 Å². The van der Waals surface area contributed by atoms with E-state index in [9.17, 15) is 45.5 Å². The molecule has 0 aromatic carbocycles. The lowest BCUT2D eigenvalue weighted by molar-refractivity contribution is -0.184. The Morgan fingerprint density at radius 1 is 0.613 bits per heavy atom. The summed E-state index contributed by atoms with van der Waals surface area (Å²) in [6.07, 6.45) is -8.02. The molecule has 4 aliphatic heterocycles. The van der Waals surface area contributed by atoms with Crippen LogP contribution in [0.15, 0.2) is 0 Å². The maximum Gasteiger partial charge on any atom is 0.393 e. The second-order valence-corrected chi connectivity index (χ2v) is 32.2. The Labute approximate surface area is 625 Å². The van der Waals surface area contributed by atoms with Gasteiger partial charge in [0.2, 0.25) is 70.9 Å². The molecular formula is C74H117ClF6N12O13. The molecule has 25 nitrogen and oxygen atoms in total. The van der Waals surface area contributed by atoms with Gasteiger partial charge >= 0.3 is 12.4 Å². The summed E-state index contributed by atoms with van der Waals surface area (Å²) in [4.78, 5) is 193. The van der Waals surface area contributed by atoms with Crippen LogP contribution in [0.3, 0.4) is 0 Å². The lowest BCUT2D eigenvalue weighted by Gasteiger charge is -2.45. The zero-order chi connectivity index (χ0) is 78.8. The first-order valence-electron chi connectivity index (χ1n) is 38.5. The van der Waals surface area contributed by atoms with Gasteiger partial charge in [-0.2, -0.15) is 26.3 Å². The van der Waals surface area contributed by atoms with Crippen LogP contribution < -0.4 is 16.0 Å². The molecule has 0 aromatic heterocycles. The highest BCUT2D eigenvalue weighted by atomic mass is 35.5. The van der Waals surface area contributed by atoms with E-state index < -0.39 is 197 Å². The molecule has 4 saturated heterocycles. The molecule has 3 aliphatic carbocycles. The van der Waals surface area contributed by atoms with Gasteiger partial charge in [-0.15, -0.1) is 11.6 Å². The highest BCUT2D eigenvalue weighted by Gasteiger charge is 2.53. The lowest BCUT2D eigenvalue weighted by Crippen LogP contribution is -2.65. The zero-order valence-corrected chi connectivity index (χ0v) is 65.1. The number of amides is 12. The molecular weight excluding hydrogens is 1410 g/mol. The molecule has 7 aliphatic rings. The van der Waals surface area contributed by atoms with E-state index in [1.165, 1.54) is 71.6 Å². The van der Waals surface area contributed by atoms with Crippen molar-refractivity contribution in [3.63, 3.8) is 0 Å². The van der Waals surface area contributed by atoms with Crippen LogP contribution in [-0.4, -0.2) is 280 Å². The van der Waals surface area contributed by atoms with Crippen LogP contribution in [-0.2, 0) is 62.3 Å². The largest absolute Gasteiger partial charge is 0.393 e. The van der Waals surface area contributed by atoms with Crippen molar-refractivity contribution in [2.45, 2.75) is 268 Å². The first kappa shape index (κ1) is 86.7. The number of nitrogens with zero attached hydrogens (tertiary/aromatic N) is 9. The van der Waals surface area contributed by atoms with Crippen molar-refractivity contribution in [3.8, 4) is 0 Å². The van der Waals surface area contributed by atoms with Crippen LogP contribution in [0.25, 0.3) is 0 Å². The number of nitrogens with one attached hydrogen (secondary N) is 3. The van der Waals surface area contributed by atoms with Crippen LogP contribution in [0, 0.1) is 41.4 Å². The highest BCUT2D eigenvalue weighted by molar-refractivity contribution is 6.21. The molecule has 106 heavy (non-hydrogen) atoms. The van der Waals surface area contributed by atoms with Gasteiger partial charge in [-0.3, -0.25) is 57.5 Å². The van der Waals surface area contributed by atoms with Crippen LogP contribution in [0.4, 0.5) is 26.3 Å². The Kier molecular flexibility index (Phi) is 30.5. The van der Waals surface area contributed by atoms with Crippen molar-refractivity contribution in [1.82, 2.24) is 60.0 Å². The Morgan fingerprint density at radius 3 is 1.78 bits per heavy atom. The van der Waals surface area contributed by atoms with Crippen molar-refractivity contribution in [3.05, 3.63) is 0 Å². The Balaban J connectivity index is 1.30. The van der Waals surface area contributed by atoms with E-state index in [4.69, 9.17) is 16.3 Å². The van der Waals surface area contributed by atoms with Gasteiger partial charge in [0.1, 0.15) is 59.9 Å². The quantitative estimate of drug-likeness (QED) is 0.131. The van der Waals surface area contributed by atoms with Gasteiger partial charge in [0.15, 0.2) is 0 Å². The van der Waals surface area contributed by atoms with Crippen LogP contribution in [0.5, 0.6) is 0 Å². The fraction of sp³-hybridized carbons (Fsp3) is 0.838. The first-order valence-corrected chi connectivity index (χ1v) is 39.0. The van der Waals surface area contributed by atoms with Crippen LogP contribution in [0.1, 0.15) is 190 Å². The predicted octanol–water partition coefficient (Wildman–Crippen LogP) is 6.51. The number of halogens is 7. The minimum absolute atomic E-state index is 0.00226. The number of carbonyl (C=O) groups excluding carboxylic acids is 12. The summed E-state index contributed by atoms with van der Waals surface area (Å²) in [5.41, 5.74) is -1.63. The summed E-state index contributed by atoms with van der Waals surface area (Å²) in [7, 11) is 6.80. The maximum atomic E-state index is 15.6. The van der Waals surface area contributed by atoms with E-state index >= 15 is 38.4 Å². The maximum absolute atomic E-state index is 15.6. The number of fused-ring (bicyclic) bond motifs is 2. The summed E-state index contributed by atoms with van der Waals surface area (Å²) in [5, 5.41) is 7.42. The lowest BCUT2D eigenvalue weighted by atomic mass is 9.78. The molecule has 32 heteroatoms. The molecule has 7 fully saturated rings. The number of hydrogen-bond donors (Lipinski definition) is 3. The Hall–Kier alpha value is -6.53. The predicted molar refractivity (Wildman–Crippen MR) is 381 cm³/mol. The average molecular weight is 1530 g/mol. The SMILES string of the molecule is CC[C@H](C)[C@@H]1NC(=O)[C@H](CC(C)C)N(CC)C(=O)C[C@@H](C(=O)N2CCOCC2)N(C)C(=O)[C@H]([C@@H](C)CC)N(C)C(=O)C2(CCCC2)NC(=O)[C@@H]2CCCN2C(=O)[C@H](CCC2CCC(C(F)(F)F)C(Cl)C2)NC(=O)CN(C)C(=O)[C@H](CC2CCC(C(F)(F)F)CC2)N(C)C(=O)[C@@H]2CCN2C(=O)[C@H](C)N(C)C1=O. The van der Waals surface area contributed by atoms with E-state index in [0.717, 1.165) is 14.7 Å². The number of morpholine rings is 1. The van der Waals surface area contributed by atoms with Crippen molar-refractivity contribution in [2.75, 3.05) is 87.7 Å². The minimum Gasteiger partial charge on any atom is -0.378 e. The number of hydrogen-bond acceptors (Lipinski definition) is 13. The third kappa shape index (κ3) is 20.5. The molecule has 3 saturated carbocycles. The normalized spacial score (nSPS) is 31.6. The van der Waals surface area contributed by atoms with Gasteiger partial charge in [0, 0.05) is 73.3 Å². The topological polar surface area (TPSA) is 279 Å². The fourth-order valence-corrected chi connectivity index (χ4v) is 17.4. The molecule has 1 spiro atoms. The molecule has 0 aromatic rings. The monoisotopic (exact) mass is 1530 g/mol. The third-order valence-electron chi connectivity index (χ3n) is 24.2. The second-order valence-electron chi connectivity index (χ2n) is 31.7. The van der Waals surface area contributed by atoms with E-state index in [1.807, 2.05) is 20.8 Å². The van der Waals surface area contributed by atoms with Crippen molar-refractivity contribution < 1.29 is 88.6 Å². The molecule has 7 rings (SSSR count). The third-order valence-corrected chi connectivity index (χ3v) is 24.7. The number of likely N-dealkylation sites (N-methyl/N-ethyl adjacent to an activating group) is 6. The molecule has 12 amide bonds. The van der Waals surface area contributed by atoms with Gasteiger partial charge in [0.05, 0.1) is 38.0 Å². The van der Waals surface area contributed by atoms with Crippen LogP contribution in [0.2, 0.25) is 0 Å². The standard InChI is InChI=1S/C74H117ClF6N12O13/c1-14-44(6)60-69(103)86(10)46(8)64(98)93-33-29-54(93)67(101)87(11)56(40-48-21-25-49(26-22-48)73(76,77)78)66(100)85(9)42-58(94)82-52(28-24-47-23-27-50(51(75)39-47)74(79,80)81)65(99)92-32-19-20-53(92)63(97)84-72(30-17-18-31-72)71(105)89(13)61(45(7)15-2)70(104)88(12)57(68(102)90-34-36-106-37-35-90)41-59(95)91(16-3)55(38-43(4)5)62(96)83-60/h43-57,60-61H,14-42H2,1-13H3,(H,82,94)(H,83,96)(H,84,97)/t44-,45-,46-,47?,48?,49?,50?,51?,52-,53-,54-,55-,56-,57-,60-,61-/m0/s1. The summed E-state index contributed by atoms with van der Waals surface area (Å²) in [6.45, 7) is 13.7. The fourth-order valence-electron chi connectivity index (χ4n) is 16.9. The molecule has 3 unspecified atom stereocenters. The number of carbonyl (C=O) groups is 12. The summed E-state index contributed by atoms with van der Waals surface area (Å²) in [5.74, 6) is -14.2. The number of alkyl halides is 7. The second kappa shape index (κ2) is 37.3. The molecule has 4 heterocycles. The minimum atomic E-state index is -4.56. The van der Waals surface area contributed by atoms with Gasteiger partial charge in [-0.1, -0.05) is 67.2 Å². The average Bonchev–Trinajstić information content (AvgIpc) is 1.42. The van der Waals surface area contributed by atoms with Crippen LogP contribution >= 0.6 is 11.6 Å². The molecule has 14 atom stereocenters. The summed E-state index contributed by atoms with van der Waals surface area (Å²) < 4.78 is 89.8. The highest BCUT2D eigenvalue weighted by Crippen LogP contribution is 2.45. The van der Waals surface area contributed by atoms with E-state index in [0.29, 0.717) is 25.7 Å². The Morgan fingerprint density at radius 2 is 1.23 bits per heavy atom. The van der Waals surface area contributed by atoms with Crippen molar-refractivity contribution in [2.24, 2.45) is 41.4 Å². The summed E-state index contributed by atoms with van der Waals surface area (Å²) in [6, 6.07) is -11.9. The van der Waals surface area contributed by atoms with Gasteiger partial charge in [-0.05, 0) is 146 Å². The zero-order valence-electron chi connectivity index (χ0n) is 64.3. The first-order chi connectivity index (χ1) is 49.7. The number of ether oxygens (including phenoxy) is 1. The van der Waals surface area contributed by atoms with Gasteiger partial charge in [-0.25, -0.2) is 0 Å². The smallest absolute Gasteiger partial charge is 0.378 e. The van der Waals surface area contributed by atoms with Crippen molar-refractivity contribution >= 4 is 82.5 Å². The summed E-state index contributed by atoms with van der Waals surface area (Å²) >= 11 is 6.39. The van der Waals surface area contributed by atoms with E-state index in [2.05, 4.69) is 16.0 Å². The Bertz CT molecular complexity index is 3130. The molecule has 0 bridgehead atoms. The van der Waals surface area contributed by atoms with Crippen molar-refractivity contribution in [1.29, 1.82) is 0 Å². The van der Waals surface area contributed by atoms with E-state index in [1.54, 1.807) is 27.7 Å². The molecule has 0 radical (unpaired) electrons.